The predicted molar refractivity (Wildman–Crippen MR) is 157 cm³/mol. The van der Waals surface area contributed by atoms with Gasteiger partial charge in [0.15, 0.2) is 6.61 Å². The van der Waals surface area contributed by atoms with Gasteiger partial charge in [-0.15, -0.1) is 0 Å². The molecule has 1 aromatic heterocycles. The van der Waals surface area contributed by atoms with Crippen LogP contribution in [-0.2, 0) is 27.4 Å². The van der Waals surface area contributed by atoms with Crippen molar-refractivity contribution in [2.75, 3.05) is 40.5 Å². The summed E-state index contributed by atoms with van der Waals surface area (Å²) in [6.45, 7) is 5.86. The van der Waals surface area contributed by atoms with Gasteiger partial charge in [0, 0.05) is 49.8 Å². The van der Waals surface area contributed by atoms with E-state index in [-0.39, 0.29) is 31.0 Å². The average Bonchev–Trinajstić information content (AvgIpc) is 3.40. The van der Waals surface area contributed by atoms with Crippen molar-refractivity contribution in [3.63, 3.8) is 0 Å². The molecule has 9 heteroatoms. The molecule has 0 N–H and O–H groups in total. The maximum atomic E-state index is 13.7. The summed E-state index contributed by atoms with van der Waals surface area (Å²) in [4.78, 5) is 30.3. The molecule has 0 saturated heterocycles. The fourth-order valence-corrected chi connectivity index (χ4v) is 4.44. The van der Waals surface area contributed by atoms with Crippen LogP contribution < -0.4 is 9.47 Å². The summed E-state index contributed by atoms with van der Waals surface area (Å²) < 4.78 is 18.4. The quantitative estimate of drug-likeness (QED) is 0.220. The zero-order valence-electron chi connectivity index (χ0n) is 23.8. The molecule has 0 fully saturated rings. The van der Waals surface area contributed by atoms with Gasteiger partial charge >= 0.3 is 0 Å². The van der Waals surface area contributed by atoms with Crippen molar-refractivity contribution < 1.29 is 23.8 Å². The summed E-state index contributed by atoms with van der Waals surface area (Å²) in [6.07, 6.45) is 3.42. The van der Waals surface area contributed by atoms with Crippen LogP contribution in [0.5, 0.6) is 11.5 Å². The van der Waals surface area contributed by atoms with Crippen LogP contribution in [0, 0.1) is 0 Å². The van der Waals surface area contributed by atoms with Crippen molar-refractivity contribution in [2.45, 2.75) is 45.8 Å². The molecular formula is C31H40ClN3O5. The molecule has 3 aromatic rings. The molecule has 0 aliphatic rings. The molecule has 0 aliphatic carbocycles. The third-order valence-corrected chi connectivity index (χ3v) is 7.07. The van der Waals surface area contributed by atoms with Crippen LogP contribution in [0.3, 0.4) is 0 Å². The van der Waals surface area contributed by atoms with E-state index >= 15 is 0 Å². The van der Waals surface area contributed by atoms with Crippen molar-refractivity contribution >= 4 is 23.4 Å². The van der Waals surface area contributed by atoms with Crippen molar-refractivity contribution in [1.29, 1.82) is 0 Å². The number of halogens is 1. The molecule has 0 spiro atoms. The normalized spacial score (nSPS) is 11.6. The van der Waals surface area contributed by atoms with Gasteiger partial charge in [-0.2, -0.15) is 0 Å². The van der Waals surface area contributed by atoms with Crippen LogP contribution in [-0.4, -0.2) is 72.7 Å². The lowest BCUT2D eigenvalue weighted by molar-refractivity contribution is -0.143. The van der Waals surface area contributed by atoms with Crippen LogP contribution in [0.4, 0.5) is 0 Å². The summed E-state index contributed by atoms with van der Waals surface area (Å²) in [6, 6.07) is 18.8. The lowest BCUT2D eigenvalue weighted by Gasteiger charge is -2.32. The molecular weight excluding hydrogens is 530 g/mol. The Bertz CT molecular complexity index is 1210. The number of aromatic nitrogens is 1. The van der Waals surface area contributed by atoms with Crippen molar-refractivity contribution in [3.8, 4) is 11.5 Å². The molecule has 0 radical (unpaired) electrons. The van der Waals surface area contributed by atoms with Gasteiger partial charge < -0.3 is 28.6 Å². The molecule has 2 amide bonds. The summed E-state index contributed by atoms with van der Waals surface area (Å²) in [5.41, 5.74) is 2.12. The summed E-state index contributed by atoms with van der Waals surface area (Å²) in [5, 5.41) is 0.588. The topological polar surface area (TPSA) is 73.2 Å². The van der Waals surface area contributed by atoms with E-state index in [2.05, 4.69) is 17.6 Å². The first-order chi connectivity index (χ1) is 19.3. The Kier molecular flexibility index (Phi) is 12.4. The fraction of sp³-hybridized carbons (Fsp3) is 0.419. The summed E-state index contributed by atoms with van der Waals surface area (Å²) in [7, 11) is 3.27. The third-order valence-electron chi connectivity index (χ3n) is 6.82. The summed E-state index contributed by atoms with van der Waals surface area (Å²) in [5.74, 6) is 0.977. The van der Waals surface area contributed by atoms with Gasteiger partial charge in [0.25, 0.3) is 5.91 Å². The second kappa shape index (κ2) is 15.9. The first-order valence-electron chi connectivity index (χ1n) is 13.6. The smallest absolute Gasteiger partial charge is 0.260 e. The number of amides is 2. The van der Waals surface area contributed by atoms with Crippen LogP contribution in [0.25, 0.3) is 0 Å². The van der Waals surface area contributed by atoms with Gasteiger partial charge in [-0.1, -0.05) is 30.7 Å². The number of ether oxygens (including phenoxy) is 3. The Morgan fingerprint density at radius 3 is 2.48 bits per heavy atom. The highest BCUT2D eigenvalue weighted by Gasteiger charge is 2.25. The van der Waals surface area contributed by atoms with E-state index in [1.165, 1.54) is 0 Å². The molecule has 1 heterocycles. The third kappa shape index (κ3) is 9.31. The van der Waals surface area contributed by atoms with E-state index in [4.69, 9.17) is 25.8 Å². The van der Waals surface area contributed by atoms with Crippen LogP contribution in [0.2, 0.25) is 5.02 Å². The standard InChI is InChI=1S/C31H40ClN3O5/c1-5-24(2)35(21-27-10-7-16-33(27)20-25-9-6-11-29(19-25)39-4)30(36)22-34(17-8-18-38-3)31(37)23-40-28-14-12-26(32)13-15-28/h6-7,9-16,19,24H,5,8,17-18,20-23H2,1-4H3. The largest absolute Gasteiger partial charge is 0.497 e. The van der Waals surface area contributed by atoms with Gasteiger partial charge in [0.05, 0.1) is 20.2 Å². The van der Waals surface area contributed by atoms with E-state index in [9.17, 15) is 9.59 Å². The van der Waals surface area contributed by atoms with Crippen molar-refractivity contribution in [2.24, 2.45) is 0 Å². The number of hydrogen-bond acceptors (Lipinski definition) is 5. The van der Waals surface area contributed by atoms with Gasteiger partial charge in [0.1, 0.15) is 11.5 Å². The second-order valence-electron chi connectivity index (χ2n) is 9.66. The first kappa shape index (κ1) is 31.0. The highest BCUT2D eigenvalue weighted by Crippen LogP contribution is 2.18. The lowest BCUT2D eigenvalue weighted by atomic mass is 10.2. The zero-order valence-corrected chi connectivity index (χ0v) is 24.6. The fourth-order valence-electron chi connectivity index (χ4n) is 4.31. The molecule has 1 unspecified atom stereocenters. The van der Waals surface area contributed by atoms with Crippen molar-refractivity contribution in [3.05, 3.63) is 83.1 Å². The molecule has 216 valence electrons. The van der Waals surface area contributed by atoms with E-state index < -0.39 is 0 Å². The second-order valence-corrected chi connectivity index (χ2v) is 10.1. The highest BCUT2D eigenvalue weighted by atomic mass is 35.5. The zero-order chi connectivity index (χ0) is 28.9. The number of carbonyl (C=O) groups excluding carboxylic acids is 2. The van der Waals surface area contributed by atoms with Gasteiger partial charge in [-0.05, 0) is 73.9 Å². The minimum absolute atomic E-state index is 0.00564. The van der Waals surface area contributed by atoms with E-state index in [0.717, 1.165) is 23.4 Å². The Morgan fingerprint density at radius 2 is 1.77 bits per heavy atom. The Hall–Kier alpha value is -3.49. The molecule has 0 aliphatic heterocycles. The van der Waals surface area contributed by atoms with Crippen LogP contribution in [0.1, 0.15) is 37.9 Å². The average molecular weight is 570 g/mol. The Morgan fingerprint density at radius 1 is 1.00 bits per heavy atom. The van der Waals surface area contributed by atoms with E-state index in [1.807, 2.05) is 48.4 Å². The minimum Gasteiger partial charge on any atom is -0.497 e. The maximum Gasteiger partial charge on any atom is 0.260 e. The number of rotatable bonds is 16. The number of hydrogen-bond donors (Lipinski definition) is 0. The van der Waals surface area contributed by atoms with Crippen molar-refractivity contribution in [1.82, 2.24) is 14.4 Å². The predicted octanol–water partition coefficient (Wildman–Crippen LogP) is 5.27. The lowest BCUT2D eigenvalue weighted by Crippen LogP contribution is -2.47. The Labute approximate surface area is 242 Å². The summed E-state index contributed by atoms with van der Waals surface area (Å²) >= 11 is 5.94. The maximum absolute atomic E-state index is 13.7. The molecule has 2 aromatic carbocycles. The number of methoxy groups -OCH3 is 2. The first-order valence-corrected chi connectivity index (χ1v) is 13.9. The number of nitrogens with zero attached hydrogens (tertiary/aromatic N) is 3. The molecule has 0 bridgehead atoms. The molecule has 40 heavy (non-hydrogen) atoms. The van der Waals surface area contributed by atoms with Gasteiger partial charge in [-0.25, -0.2) is 0 Å². The molecule has 0 saturated carbocycles. The van der Waals surface area contributed by atoms with Gasteiger partial charge in [0.2, 0.25) is 5.91 Å². The highest BCUT2D eigenvalue weighted by molar-refractivity contribution is 6.30. The number of benzene rings is 2. The van der Waals surface area contributed by atoms with E-state index in [0.29, 0.717) is 43.4 Å². The molecule has 1 atom stereocenters. The van der Waals surface area contributed by atoms with Crippen LogP contribution >= 0.6 is 11.6 Å². The Balaban J connectivity index is 1.71. The van der Waals surface area contributed by atoms with Gasteiger partial charge in [-0.3, -0.25) is 9.59 Å². The monoisotopic (exact) mass is 569 g/mol. The molecule has 8 nitrogen and oxygen atoms in total. The van der Waals surface area contributed by atoms with E-state index in [1.54, 1.807) is 43.4 Å². The minimum atomic E-state index is -0.259. The molecule has 3 rings (SSSR count). The number of carbonyl (C=O) groups is 2. The van der Waals surface area contributed by atoms with Crippen LogP contribution in [0.15, 0.2) is 66.9 Å². The SMILES string of the molecule is CCC(C)N(Cc1cccn1Cc1cccc(OC)c1)C(=O)CN(CCCOC)C(=O)COc1ccc(Cl)cc1.